The van der Waals surface area contributed by atoms with Gasteiger partial charge in [-0.15, -0.1) is 0 Å². The lowest BCUT2D eigenvalue weighted by Crippen LogP contribution is -2.40. The normalized spacial score (nSPS) is 20.7. The predicted molar refractivity (Wildman–Crippen MR) is 58.8 cm³/mol. The maximum Gasteiger partial charge on any atom is 0.254 e. The lowest BCUT2D eigenvalue weighted by molar-refractivity contribution is -0.124. The third-order valence-electron chi connectivity index (χ3n) is 2.63. The number of amides is 1. The monoisotopic (exact) mass is 219 g/mol. The van der Waals surface area contributed by atoms with Crippen molar-refractivity contribution in [2.24, 2.45) is 0 Å². The summed E-state index contributed by atoms with van der Waals surface area (Å²) in [6.45, 7) is 5.44. The first-order chi connectivity index (χ1) is 7.58. The van der Waals surface area contributed by atoms with Crippen LogP contribution in [0.15, 0.2) is 29.5 Å². The first-order valence-corrected chi connectivity index (χ1v) is 5.11. The Kier molecular flexibility index (Phi) is 2.60. The lowest BCUT2D eigenvalue weighted by atomic mass is 10.0. The van der Waals surface area contributed by atoms with Crippen molar-refractivity contribution in [3.63, 3.8) is 0 Å². The molecule has 2 heterocycles. The molecule has 1 N–H and O–H groups in total. The number of nitrogens with one attached hydrogen (secondary N) is 1. The van der Waals surface area contributed by atoms with Crippen LogP contribution in [0.2, 0.25) is 0 Å². The molecule has 1 aliphatic rings. The Hall–Kier alpha value is -1.91. The molecule has 0 radical (unpaired) electrons. The molecule has 1 unspecified atom stereocenters. The molecule has 5 heteroatoms. The second-order valence-electron chi connectivity index (χ2n) is 3.92. The Morgan fingerprint density at radius 1 is 1.56 bits per heavy atom. The predicted octanol–water partition coefficient (Wildman–Crippen LogP) is 0.517. The third-order valence-corrected chi connectivity index (χ3v) is 2.63. The second kappa shape index (κ2) is 3.92. The van der Waals surface area contributed by atoms with Crippen molar-refractivity contribution in [1.29, 1.82) is 0 Å². The molecule has 1 fully saturated rings. The molecule has 1 aliphatic heterocycles. The molecule has 0 spiro atoms. The Morgan fingerprint density at radius 2 is 2.31 bits per heavy atom. The van der Waals surface area contributed by atoms with Crippen molar-refractivity contribution in [2.45, 2.75) is 25.8 Å². The number of piperidine rings is 1. The number of hydrogen-bond acceptors (Lipinski definition) is 3. The highest BCUT2D eigenvalue weighted by molar-refractivity contribution is 5.82. The summed E-state index contributed by atoms with van der Waals surface area (Å²) >= 11 is 0. The molecule has 0 saturated carbocycles. The zero-order valence-electron chi connectivity index (χ0n) is 9.06. The minimum absolute atomic E-state index is 0.191. The van der Waals surface area contributed by atoms with Crippen molar-refractivity contribution in [2.75, 3.05) is 0 Å². The molecule has 1 amide bonds. The molecule has 2 rings (SSSR count). The number of carbonyl (C=O) groups excluding carboxylic acids is 1. The number of hydrogen-bond donors (Lipinski definition) is 1. The fraction of sp³-hybridized carbons (Fsp3) is 0.364. The van der Waals surface area contributed by atoms with E-state index in [9.17, 15) is 9.59 Å². The fourth-order valence-corrected chi connectivity index (χ4v) is 1.76. The quantitative estimate of drug-likeness (QED) is 0.748. The Bertz CT molecular complexity index is 504. The van der Waals surface area contributed by atoms with Crippen molar-refractivity contribution in [3.8, 4) is 0 Å². The SMILES string of the molecule is C=C1CCC(n2cnc(C)cc2=O)C(=O)N1. The van der Waals surface area contributed by atoms with E-state index in [-0.39, 0.29) is 11.5 Å². The molecule has 0 aromatic carbocycles. The van der Waals surface area contributed by atoms with Gasteiger partial charge in [0.15, 0.2) is 0 Å². The molecular weight excluding hydrogens is 206 g/mol. The van der Waals surface area contributed by atoms with Crippen LogP contribution in [0.5, 0.6) is 0 Å². The van der Waals surface area contributed by atoms with Gasteiger partial charge in [0.05, 0.1) is 6.33 Å². The molecule has 84 valence electrons. The maximum absolute atomic E-state index is 11.7. The van der Waals surface area contributed by atoms with Crippen molar-refractivity contribution >= 4 is 5.91 Å². The van der Waals surface area contributed by atoms with Crippen LogP contribution in [0.4, 0.5) is 0 Å². The Morgan fingerprint density at radius 3 is 2.94 bits per heavy atom. The van der Waals surface area contributed by atoms with Crippen LogP contribution in [0.25, 0.3) is 0 Å². The minimum Gasteiger partial charge on any atom is -0.329 e. The highest BCUT2D eigenvalue weighted by atomic mass is 16.2. The summed E-state index contributed by atoms with van der Waals surface area (Å²) in [5.41, 5.74) is 1.16. The Labute approximate surface area is 92.8 Å². The third kappa shape index (κ3) is 1.88. The highest BCUT2D eigenvalue weighted by Crippen LogP contribution is 2.19. The van der Waals surface area contributed by atoms with Crippen LogP contribution in [0.1, 0.15) is 24.6 Å². The van der Waals surface area contributed by atoms with E-state index < -0.39 is 6.04 Å². The first kappa shape index (κ1) is 10.6. The van der Waals surface area contributed by atoms with E-state index in [2.05, 4.69) is 16.9 Å². The number of nitrogens with zero attached hydrogens (tertiary/aromatic N) is 2. The summed E-state index contributed by atoms with van der Waals surface area (Å²) < 4.78 is 1.37. The number of carbonyl (C=O) groups is 1. The van der Waals surface area contributed by atoms with Gasteiger partial charge in [-0.05, 0) is 19.8 Å². The highest BCUT2D eigenvalue weighted by Gasteiger charge is 2.26. The van der Waals surface area contributed by atoms with Crippen LogP contribution in [-0.4, -0.2) is 15.5 Å². The number of aryl methyl sites for hydroxylation is 1. The van der Waals surface area contributed by atoms with E-state index in [1.54, 1.807) is 6.92 Å². The summed E-state index contributed by atoms with van der Waals surface area (Å²) in [6.07, 6.45) is 2.71. The molecular formula is C11H13N3O2. The van der Waals surface area contributed by atoms with E-state index in [0.29, 0.717) is 24.2 Å². The summed E-state index contributed by atoms with van der Waals surface area (Å²) in [5, 5.41) is 2.65. The summed E-state index contributed by atoms with van der Waals surface area (Å²) in [4.78, 5) is 27.4. The molecule has 1 aromatic heterocycles. The van der Waals surface area contributed by atoms with Crippen molar-refractivity contribution in [1.82, 2.24) is 14.9 Å². The fourth-order valence-electron chi connectivity index (χ4n) is 1.76. The van der Waals surface area contributed by atoms with Gasteiger partial charge in [0.25, 0.3) is 5.56 Å². The van der Waals surface area contributed by atoms with Crippen LogP contribution < -0.4 is 10.9 Å². The van der Waals surface area contributed by atoms with Gasteiger partial charge >= 0.3 is 0 Å². The van der Waals surface area contributed by atoms with E-state index in [4.69, 9.17) is 0 Å². The van der Waals surface area contributed by atoms with Gasteiger partial charge in [-0.25, -0.2) is 4.98 Å². The van der Waals surface area contributed by atoms with Crippen LogP contribution in [0, 0.1) is 6.92 Å². The van der Waals surface area contributed by atoms with Gasteiger partial charge in [0.2, 0.25) is 5.91 Å². The van der Waals surface area contributed by atoms with E-state index in [0.717, 1.165) is 0 Å². The van der Waals surface area contributed by atoms with Crippen LogP contribution in [0.3, 0.4) is 0 Å². The molecule has 1 saturated heterocycles. The van der Waals surface area contributed by atoms with E-state index in [1.807, 2.05) is 0 Å². The molecule has 16 heavy (non-hydrogen) atoms. The maximum atomic E-state index is 11.7. The topological polar surface area (TPSA) is 64.0 Å². The molecule has 0 bridgehead atoms. The van der Waals surface area contributed by atoms with E-state index in [1.165, 1.54) is 17.0 Å². The number of allylic oxidation sites excluding steroid dienone is 1. The zero-order valence-corrected chi connectivity index (χ0v) is 9.06. The average molecular weight is 219 g/mol. The summed E-state index contributed by atoms with van der Waals surface area (Å²) in [5.74, 6) is -0.191. The molecule has 1 atom stereocenters. The molecule has 5 nitrogen and oxygen atoms in total. The van der Waals surface area contributed by atoms with Crippen LogP contribution >= 0.6 is 0 Å². The van der Waals surface area contributed by atoms with Crippen molar-refractivity contribution in [3.05, 3.63) is 40.7 Å². The Balaban J connectivity index is 2.34. The number of aromatic nitrogens is 2. The molecule has 0 aliphatic carbocycles. The minimum atomic E-state index is -0.467. The summed E-state index contributed by atoms with van der Waals surface area (Å²) in [7, 11) is 0. The van der Waals surface area contributed by atoms with Gasteiger partial charge in [-0.3, -0.25) is 14.2 Å². The number of rotatable bonds is 1. The smallest absolute Gasteiger partial charge is 0.254 e. The van der Waals surface area contributed by atoms with Crippen molar-refractivity contribution < 1.29 is 4.79 Å². The van der Waals surface area contributed by atoms with Gasteiger partial charge in [0.1, 0.15) is 6.04 Å². The van der Waals surface area contributed by atoms with Gasteiger partial charge in [-0.1, -0.05) is 6.58 Å². The summed E-state index contributed by atoms with van der Waals surface area (Å²) in [6, 6.07) is 0.961. The lowest BCUT2D eigenvalue weighted by Gasteiger charge is -2.24. The second-order valence-corrected chi connectivity index (χ2v) is 3.92. The van der Waals surface area contributed by atoms with Gasteiger partial charge in [-0.2, -0.15) is 0 Å². The van der Waals surface area contributed by atoms with Gasteiger partial charge in [0, 0.05) is 17.5 Å². The van der Waals surface area contributed by atoms with Gasteiger partial charge < -0.3 is 5.32 Å². The van der Waals surface area contributed by atoms with E-state index >= 15 is 0 Å². The average Bonchev–Trinajstić information content (AvgIpc) is 2.19. The zero-order chi connectivity index (χ0) is 11.7. The largest absolute Gasteiger partial charge is 0.329 e. The standard InChI is InChI=1S/C11H13N3O2/c1-7-3-4-9(11(16)13-7)14-6-12-8(2)5-10(14)15/h5-6,9H,1,3-4H2,2H3,(H,13,16). The molecule has 1 aromatic rings. The first-order valence-electron chi connectivity index (χ1n) is 5.11. The van der Waals surface area contributed by atoms with Crippen LogP contribution in [-0.2, 0) is 4.79 Å².